The summed E-state index contributed by atoms with van der Waals surface area (Å²) in [5, 5.41) is 3.44. The molecule has 4 atom stereocenters. The van der Waals surface area contributed by atoms with Crippen LogP contribution in [0.25, 0.3) is 0 Å². The Morgan fingerprint density at radius 1 is 1.09 bits per heavy atom. The van der Waals surface area contributed by atoms with E-state index in [-0.39, 0.29) is 24.2 Å². The highest BCUT2D eigenvalue weighted by Crippen LogP contribution is 2.41. The van der Waals surface area contributed by atoms with Crippen molar-refractivity contribution in [3.63, 3.8) is 0 Å². The number of hydrogen-bond acceptors (Lipinski definition) is 4. The van der Waals surface area contributed by atoms with E-state index < -0.39 is 24.1 Å². The van der Waals surface area contributed by atoms with Crippen molar-refractivity contribution in [3.8, 4) is 0 Å². The molecule has 35 heavy (non-hydrogen) atoms. The average Bonchev–Trinajstić information content (AvgIpc) is 3.15. The molecule has 2 heterocycles. The van der Waals surface area contributed by atoms with E-state index in [4.69, 9.17) is 16.4 Å². The highest BCUT2D eigenvalue weighted by molar-refractivity contribution is 6.31. The van der Waals surface area contributed by atoms with Gasteiger partial charge in [-0.25, -0.2) is 4.39 Å². The van der Waals surface area contributed by atoms with E-state index in [0.717, 1.165) is 16.7 Å². The smallest absolute Gasteiger partial charge is 0.244 e. The first-order chi connectivity index (χ1) is 16.8. The van der Waals surface area contributed by atoms with Crippen molar-refractivity contribution in [3.05, 3.63) is 99.8 Å². The van der Waals surface area contributed by atoms with E-state index in [1.54, 1.807) is 23.1 Å². The van der Waals surface area contributed by atoms with Gasteiger partial charge in [0.05, 0.1) is 24.1 Å². The van der Waals surface area contributed by atoms with Crippen molar-refractivity contribution in [1.29, 1.82) is 0 Å². The van der Waals surface area contributed by atoms with Crippen LogP contribution in [-0.4, -0.2) is 29.4 Å². The molecule has 3 aromatic carbocycles. The van der Waals surface area contributed by atoms with Crippen LogP contribution in [0.3, 0.4) is 0 Å². The number of benzene rings is 3. The van der Waals surface area contributed by atoms with Crippen LogP contribution >= 0.6 is 11.6 Å². The lowest BCUT2D eigenvalue weighted by molar-refractivity contribution is -0.141. The van der Waals surface area contributed by atoms with E-state index in [9.17, 15) is 14.0 Å². The minimum Gasteiger partial charge on any atom is -0.324 e. The van der Waals surface area contributed by atoms with Gasteiger partial charge in [-0.15, -0.1) is 0 Å². The van der Waals surface area contributed by atoms with Crippen molar-refractivity contribution in [2.45, 2.75) is 32.0 Å². The highest BCUT2D eigenvalue weighted by atomic mass is 35.5. The fraction of sp³-hybridized carbons (Fsp3) is 0.259. The molecule has 2 amide bonds. The predicted molar refractivity (Wildman–Crippen MR) is 131 cm³/mol. The van der Waals surface area contributed by atoms with Crippen molar-refractivity contribution in [2.24, 2.45) is 5.92 Å². The van der Waals surface area contributed by atoms with Gasteiger partial charge in [-0.05, 0) is 49.2 Å². The third-order valence-electron chi connectivity index (χ3n) is 6.64. The summed E-state index contributed by atoms with van der Waals surface area (Å²) >= 11 is 6.46. The van der Waals surface area contributed by atoms with Crippen LogP contribution in [0.4, 0.5) is 10.1 Å². The van der Waals surface area contributed by atoms with Gasteiger partial charge in [0.1, 0.15) is 12.4 Å². The number of nitrogens with zero attached hydrogens (tertiary/aromatic N) is 1. The highest BCUT2D eigenvalue weighted by Gasteiger charge is 2.46. The Bertz CT molecular complexity index is 1280. The maximum atomic E-state index is 14.3. The van der Waals surface area contributed by atoms with E-state index in [2.05, 4.69) is 10.8 Å². The van der Waals surface area contributed by atoms with Gasteiger partial charge >= 0.3 is 0 Å². The Balaban J connectivity index is 1.62. The lowest BCUT2D eigenvalue weighted by Gasteiger charge is -2.34. The summed E-state index contributed by atoms with van der Waals surface area (Å²) < 4.78 is 13.8. The molecule has 0 bridgehead atoms. The van der Waals surface area contributed by atoms with Crippen LogP contribution in [0.2, 0.25) is 5.02 Å². The second-order valence-corrected chi connectivity index (χ2v) is 9.43. The Morgan fingerprint density at radius 3 is 2.57 bits per heavy atom. The van der Waals surface area contributed by atoms with Gasteiger partial charge in [0.2, 0.25) is 11.8 Å². The zero-order valence-corrected chi connectivity index (χ0v) is 20.1. The number of rotatable bonds is 3. The molecule has 2 aliphatic rings. The van der Waals surface area contributed by atoms with Crippen LogP contribution in [0.5, 0.6) is 0 Å². The van der Waals surface area contributed by atoms with Crippen LogP contribution in [0.15, 0.2) is 66.7 Å². The summed E-state index contributed by atoms with van der Waals surface area (Å²) in [4.78, 5) is 34.5. The molecule has 5 rings (SSSR count). The number of fused-ring (bicyclic) bond motifs is 1. The quantitative estimate of drug-likeness (QED) is 0.542. The Kier molecular flexibility index (Phi) is 6.32. The van der Waals surface area contributed by atoms with E-state index in [0.29, 0.717) is 16.3 Å². The molecule has 1 saturated heterocycles. The molecule has 3 aromatic rings. The number of hydroxylamine groups is 1. The zero-order valence-electron chi connectivity index (χ0n) is 19.3. The number of aryl methyl sites for hydroxylation is 1. The van der Waals surface area contributed by atoms with Gasteiger partial charge in [0.15, 0.2) is 0 Å². The van der Waals surface area contributed by atoms with Gasteiger partial charge in [-0.2, -0.15) is 5.48 Å². The first-order valence-corrected chi connectivity index (χ1v) is 11.8. The summed E-state index contributed by atoms with van der Waals surface area (Å²) in [6.45, 7) is 3.60. The summed E-state index contributed by atoms with van der Waals surface area (Å²) in [5.41, 5.74) is 6.79. The average molecular weight is 494 g/mol. The molecule has 180 valence electrons. The van der Waals surface area contributed by atoms with Crippen LogP contribution in [0, 0.1) is 18.7 Å². The molecule has 0 radical (unpaired) electrons. The van der Waals surface area contributed by atoms with Gasteiger partial charge in [-0.1, -0.05) is 59.6 Å². The van der Waals surface area contributed by atoms with Crippen LogP contribution in [0.1, 0.15) is 41.3 Å². The Labute approximate surface area is 208 Å². The molecule has 8 heteroatoms. The third-order valence-corrected chi connectivity index (χ3v) is 6.99. The number of carbonyl (C=O) groups is 2. The normalized spacial score (nSPS) is 24.0. The molecule has 2 N–H and O–H groups in total. The number of hydrogen-bond donors (Lipinski definition) is 2. The minimum atomic E-state index is -0.642. The van der Waals surface area contributed by atoms with Gasteiger partial charge in [-0.3, -0.25) is 14.4 Å². The summed E-state index contributed by atoms with van der Waals surface area (Å²) in [6.07, 6.45) is -0.471. The monoisotopic (exact) mass is 493 g/mol. The molecule has 0 saturated carbocycles. The van der Waals surface area contributed by atoms with E-state index >= 15 is 0 Å². The Morgan fingerprint density at radius 2 is 1.83 bits per heavy atom. The lowest BCUT2D eigenvalue weighted by Crippen LogP contribution is -2.45. The second kappa shape index (κ2) is 9.41. The van der Waals surface area contributed by atoms with Crippen molar-refractivity contribution >= 4 is 29.1 Å². The van der Waals surface area contributed by atoms with Crippen molar-refractivity contribution in [2.75, 3.05) is 11.9 Å². The summed E-state index contributed by atoms with van der Waals surface area (Å²) in [7, 11) is 0. The topological polar surface area (TPSA) is 70.7 Å². The van der Waals surface area contributed by atoms with E-state index in [1.165, 1.54) is 12.1 Å². The van der Waals surface area contributed by atoms with Crippen LogP contribution < -0.4 is 10.8 Å². The third kappa shape index (κ3) is 4.43. The lowest BCUT2D eigenvalue weighted by atomic mass is 9.87. The first-order valence-electron chi connectivity index (χ1n) is 11.5. The maximum Gasteiger partial charge on any atom is 0.244 e. The largest absolute Gasteiger partial charge is 0.324 e. The molecule has 2 aliphatic heterocycles. The fourth-order valence-electron chi connectivity index (χ4n) is 4.95. The standard InChI is InChI=1S/C27H25ClFN3O3/c1-15-7-12-22-20(13-15)26(17-8-10-18(29)11-9-17)32(14-23(33)30-22)27(34)24-16(2)35-31-25(24)19-5-3-4-6-21(19)28/h3-13,16,24-26,31H,14H2,1-2H3,(H,30,33). The molecule has 4 unspecified atom stereocenters. The number of anilines is 1. The second-order valence-electron chi connectivity index (χ2n) is 9.02. The molecular weight excluding hydrogens is 469 g/mol. The fourth-order valence-corrected chi connectivity index (χ4v) is 5.21. The van der Waals surface area contributed by atoms with Gasteiger partial charge in [0.25, 0.3) is 0 Å². The minimum absolute atomic E-state index is 0.160. The summed E-state index contributed by atoms with van der Waals surface area (Å²) in [6, 6.07) is 17.9. The van der Waals surface area contributed by atoms with Gasteiger partial charge < -0.3 is 10.2 Å². The number of halogens is 2. The first kappa shape index (κ1) is 23.5. The number of nitrogens with one attached hydrogen (secondary N) is 2. The van der Waals surface area contributed by atoms with E-state index in [1.807, 2.05) is 50.2 Å². The molecular formula is C27H25ClFN3O3. The zero-order chi connectivity index (χ0) is 24.7. The predicted octanol–water partition coefficient (Wildman–Crippen LogP) is 4.94. The summed E-state index contributed by atoms with van der Waals surface area (Å²) in [5.74, 6) is -1.58. The molecule has 0 aromatic heterocycles. The van der Waals surface area contributed by atoms with Crippen LogP contribution in [-0.2, 0) is 14.4 Å². The van der Waals surface area contributed by atoms with Gasteiger partial charge in [0, 0.05) is 16.3 Å². The maximum absolute atomic E-state index is 14.3. The molecule has 1 fully saturated rings. The SMILES string of the molecule is Cc1ccc2c(c1)C(c1ccc(F)cc1)N(C(=O)C1C(C)ONC1c1ccccc1Cl)CC(=O)N2. The molecule has 6 nitrogen and oxygen atoms in total. The number of carbonyl (C=O) groups excluding carboxylic acids is 2. The van der Waals surface area contributed by atoms with Crippen molar-refractivity contribution in [1.82, 2.24) is 10.4 Å². The van der Waals surface area contributed by atoms with Crippen molar-refractivity contribution < 1.29 is 18.8 Å². The number of amides is 2. The molecule has 0 spiro atoms. The molecule has 0 aliphatic carbocycles. The Hall–Kier alpha value is -3.26.